The van der Waals surface area contributed by atoms with Crippen molar-refractivity contribution in [1.82, 2.24) is 5.32 Å². The molecule has 0 radical (unpaired) electrons. The molecule has 0 aromatic heterocycles. The first-order valence-corrected chi connectivity index (χ1v) is 6.70. The van der Waals surface area contributed by atoms with Gasteiger partial charge in [0, 0.05) is 17.6 Å². The highest BCUT2D eigenvalue weighted by molar-refractivity contribution is 5.85. The standard InChI is InChI=1S/C13H27N3O2/c1-12(2,11(14)16-17)6-4-5-8-15-13(3)7-9-18-10-13/h15,17H,4-10H2,1-3H3,(H2,14,16). The molecule has 1 fully saturated rings. The number of nitrogens with zero attached hydrogens (tertiary/aromatic N) is 1. The maximum Gasteiger partial charge on any atom is 0.144 e. The van der Waals surface area contributed by atoms with Crippen LogP contribution in [0.2, 0.25) is 0 Å². The Hall–Kier alpha value is -0.810. The van der Waals surface area contributed by atoms with E-state index in [0.717, 1.165) is 45.4 Å². The second-order valence-corrected chi connectivity index (χ2v) is 6.12. The molecule has 106 valence electrons. The molecule has 1 atom stereocenters. The van der Waals surface area contributed by atoms with E-state index in [2.05, 4.69) is 17.4 Å². The van der Waals surface area contributed by atoms with Crippen molar-refractivity contribution in [3.8, 4) is 0 Å². The molecule has 1 saturated heterocycles. The molecule has 0 aromatic rings. The molecule has 0 saturated carbocycles. The third-order valence-corrected chi connectivity index (χ3v) is 3.80. The summed E-state index contributed by atoms with van der Waals surface area (Å²) in [7, 11) is 0. The molecule has 0 aromatic carbocycles. The first-order valence-electron chi connectivity index (χ1n) is 6.70. The number of oxime groups is 1. The molecule has 0 bridgehead atoms. The number of nitrogens with two attached hydrogens (primary N) is 1. The summed E-state index contributed by atoms with van der Waals surface area (Å²) in [6.45, 7) is 8.87. The summed E-state index contributed by atoms with van der Waals surface area (Å²) in [6, 6.07) is 0. The van der Waals surface area contributed by atoms with E-state index in [9.17, 15) is 0 Å². The van der Waals surface area contributed by atoms with Crippen LogP contribution in [0.5, 0.6) is 0 Å². The first-order chi connectivity index (χ1) is 8.40. The molecule has 0 amide bonds. The lowest BCUT2D eigenvalue weighted by Gasteiger charge is -2.25. The molecule has 0 spiro atoms. The smallest absolute Gasteiger partial charge is 0.144 e. The van der Waals surface area contributed by atoms with Crippen LogP contribution in [0, 0.1) is 5.41 Å². The fraction of sp³-hybridized carbons (Fsp3) is 0.923. The topological polar surface area (TPSA) is 79.9 Å². The molecular weight excluding hydrogens is 230 g/mol. The van der Waals surface area contributed by atoms with Crippen LogP contribution in [0.15, 0.2) is 5.16 Å². The van der Waals surface area contributed by atoms with Gasteiger partial charge in [0.15, 0.2) is 0 Å². The Labute approximate surface area is 110 Å². The highest BCUT2D eigenvalue weighted by Crippen LogP contribution is 2.23. The third kappa shape index (κ3) is 4.46. The highest BCUT2D eigenvalue weighted by atomic mass is 16.5. The average molecular weight is 257 g/mol. The largest absolute Gasteiger partial charge is 0.409 e. The minimum Gasteiger partial charge on any atom is -0.409 e. The number of amidine groups is 1. The van der Waals surface area contributed by atoms with Gasteiger partial charge >= 0.3 is 0 Å². The van der Waals surface area contributed by atoms with Crippen molar-refractivity contribution in [1.29, 1.82) is 0 Å². The second-order valence-electron chi connectivity index (χ2n) is 6.12. The third-order valence-electron chi connectivity index (χ3n) is 3.80. The van der Waals surface area contributed by atoms with Gasteiger partial charge in [0.25, 0.3) is 0 Å². The quantitative estimate of drug-likeness (QED) is 0.213. The number of unbranched alkanes of at least 4 members (excludes halogenated alkanes) is 1. The average Bonchev–Trinajstić information content (AvgIpc) is 2.74. The Bertz CT molecular complexity index is 284. The first kappa shape index (κ1) is 15.2. The van der Waals surface area contributed by atoms with Gasteiger partial charge in [0.05, 0.1) is 6.61 Å². The number of ether oxygens (including phenoxy) is 1. The van der Waals surface area contributed by atoms with Gasteiger partial charge in [-0.3, -0.25) is 0 Å². The van der Waals surface area contributed by atoms with Crippen molar-refractivity contribution in [2.45, 2.75) is 52.0 Å². The maximum absolute atomic E-state index is 8.69. The molecule has 1 rings (SSSR count). The second kappa shape index (κ2) is 6.38. The highest BCUT2D eigenvalue weighted by Gasteiger charge is 2.28. The van der Waals surface area contributed by atoms with Crippen LogP contribution >= 0.6 is 0 Å². The van der Waals surface area contributed by atoms with Crippen LogP contribution in [-0.2, 0) is 4.74 Å². The number of hydrogen-bond acceptors (Lipinski definition) is 4. The summed E-state index contributed by atoms with van der Waals surface area (Å²) in [6.07, 6.45) is 4.17. The van der Waals surface area contributed by atoms with Crippen LogP contribution in [0.4, 0.5) is 0 Å². The number of rotatable bonds is 7. The van der Waals surface area contributed by atoms with Gasteiger partial charge in [-0.25, -0.2) is 0 Å². The van der Waals surface area contributed by atoms with E-state index in [1.165, 1.54) is 0 Å². The monoisotopic (exact) mass is 257 g/mol. The Balaban J connectivity index is 2.15. The van der Waals surface area contributed by atoms with Crippen molar-refractivity contribution in [2.24, 2.45) is 16.3 Å². The van der Waals surface area contributed by atoms with E-state index in [4.69, 9.17) is 15.7 Å². The fourth-order valence-corrected chi connectivity index (χ4v) is 2.15. The summed E-state index contributed by atoms with van der Waals surface area (Å²) in [5.41, 5.74) is 5.58. The predicted octanol–water partition coefficient (Wildman–Crippen LogP) is 1.70. The van der Waals surface area contributed by atoms with Gasteiger partial charge in [0.2, 0.25) is 0 Å². The van der Waals surface area contributed by atoms with Gasteiger partial charge in [-0.05, 0) is 32.7 Å². The molecule has 1 unspecified atom stereocenters. The summed E-state index contributed by atoms with van der Waals surface area (Å²) < 4.78 is 5.39. The van der Waals surface area contributed by atoms with Crippen molar-refractivity contribution < 1.29 is 9.94 Å². The van der Waals surface area contributed by atoms with E-state index >= 15 is 0 Å². The lowest BCUT2D eigenvalue weighted by Crippen LogP contribution is -2.43. The summed E-state index contributed by atoms with van der Waals surface area (Å²) in [5.74, 6) is 0.312. The summed E-state index contributed by atoms with van der Waals surface area (Å²) >= 11 is 0. The Morgan fingerprint density at radius 1 is 1.50 bits per heavy atom. The molecule has 0 aliphatic carbocycles. The normalized spacial score (nSPS) is 25.6. The zero-order valence-electron chi connectivity index (χ0n) is 11.8. The van der Waals surface area contributed by atoms with Gasteiger partial charge in [0.1, 0.15) is 5.84 Å². The zero-order chi connectivity index (χ0) is 13.6. The molecule has 5 nitrogen and oxygen atoms in total. The summed E-state index contributed by atoms with van der Waals surface area (Å²) in [5, 5.41) is 15.3. The molecule has 4 N–H and O–H groups in total. The molecule has 1 aliphatic heterocycles. The molecule has 18 heavy (non-hydrogen) atoms. The predicted molar refractivity (Wildman–Crippen MR) is 72.9 cm³/mol. The molecular formula is C13H27N3O2. The van der Waals surface area contributed by atoms with Gasteiger partial charge < -0.3 is 21.0 Å². The van der Waals surface area contributed by atoms with Gasteiger partial charge in [-0.15, -0.1) is 0 Å². The van der Waals surface area contributed by atoms with Gasteiger partial charge in [-0.1, -0.05) is 25.4 Å². The van der Waals surface area contributed by atoms with Crippen molar-refractivity contribution in [2.75, 3.05) is 19.8 Å². The maximum atomic E-state index is 8.69. The van der Waals surface area contributed by atoms with Crippen molar-refractivity contribution >= 4 is 5.84 Å². The van der Waals surface area contributed by atoms with Crippen LogP contribution in [0.25, 0.3) is 0 Å². The number of hydrogen-bond donors (Lipinski definition) is 3. The van der Waals surface area contributed by atoms with E-state index in [1.54, 1.807) is 0 Å². The van der Waals surface area contributed by atoms with Crippen LogP contribution in [0.3, 0.4) is 0 Å². The van der Waals surface area contributed by atoms with E-state index in [0.29, 0.717) is 5.84 Å². The van der Waals surface area contributed by atoms with Crippen LogP contribution < -0.4 is 11.1 Å². The van der Waals surface area contributed by atoms with Crippen molar-refractivity contribution in [3.63, 3.8) is 0 Å². The summed E-state index contributed by atoms with van der Waals surface area (Å²) in [4.78, 5) is 0. The SMILES string of the molecule is CC1(NCCCCC(C)(C)C(N)=NO)CCOC1. The van der Waals surface area contributed by atoms with Gasteiger partial charge in [-0.2, -0.15) is 0 Å². The zero-order valence-corrected chi connectivity index (χ0v) is 11.8. The van der Waals surface area contributed by atoms with Crippen molar-refractivity contribution in [3.05, 3.63) is 0 Å². The molecule has 5 heteroatoms. The Morgan fingerprint density at radius 3 is 2.78 bits per heavy atom. The number of nitrogens with one attached hydrogen (secondary N) is 1. The van der Waals surface area contributed by atoms with Crippen LogP contribution in [0.1, 0.15) is 46.5 Å². The Kier molecular flexibility index (Phi) is 5.41. The molecule has 1 heterocycles. The molecule has 1 aliphatic rings. The van der Waals surface area contributed by atoms with E-state index in [-0.39, 0.29) is 11.0 Å². The van der Waals surface area contributed by atoms with E-state index < -0.39 is 0 Å². The minimum absolute atomic E-state index is 0.154. The van der Waals surface area contributed by atoms with Crippen LogP contribution in [-0.4, -0.2) is 36.3 Å². The fourth-order valence-electron chi connectivity index (χ4n) is 2.15. The Morgan fingerprint density at radius 2 is 2.22 bits per heavy atom. The lowest BCUT2D eigenvalue weighted by atomic mass is 9.86. The minimum atomic E-state index is -0.227. The lowest BCUT2D eigenvalue weighted by molar-refractivity contribution is 0.171. The van der Waals surface area contributed by atoms with E-state index in [1.807, 2.05) is 13.8 Å².